The number of nitriles is 1. The minimum absolute atomic E-state index is 0.0188. The molecule has 2 saturated carbocycles. The van der Waals surface area contributed by atoms with Crippen molar-refractivity contribution in [3.63, 3.8) is 0 Å². The van der Waals surface area contributed by atoms with Crippen molar-refractivity contribution in [2.45, 2.75) is 57.7 Å². The van der Waals surface area contributed by atoms with E-state index < -0.39 is 5.41 Å². The van der Waals surface area contributed by atoms with Gasteiger partial charge < -0.3 is 4.74 Å². The van der Waals surface area contributed by atoms with Gasteiger partial charge in [0.05, 0.1) is 17.8 Å². The van der Waals surface area contributed by atoms with Crippen LogP contribution in [0.25, 0.3) is 0 Å². The molecule has 0 aromatic heterocycles. The lowest BCUT2D eigenvalue weighted by Crippen LogP contribution is -2.55. The van der Waals surface area contributed by atoms with Gasteiger partial charge in [-0.15, -0.1) is 0 Å². The van der Waals surface area contributed by atoms with Gasteiger partial charge in [0.2, 0.25) is 0 Å². The van der Waals surface area contributed by atoms with Crippen molar-refractivity contribution < 1.29 is 9.53 Å². The number of hydrogen-bond donors (Lipinski definition) is 0. The molecule has 4 fully saturated rings. The number of hydrogen-bond acceptors (Lipinski definition) is 3. The molecule has 20 heavy (non-hydrogen) atoms. The predicted molar refractivity (Wildman–Crippen MR) is 73.6 cm³/mol. The molecular formula is C17H21NO2. The molecule has 5 aliphatic rings. The van der Waals surface area contributed by atoms with Gasteiger partial charge >= 0.3 is 0 Å². The van der Waals surface area contributed by atoms with Gasteiger partial charge in [0.25, 0.3) is 0 Å². The second-order valence-corrected chi connectivity index (χ2v) is 7.86. The van der Waals surface area contributed by atoms with Crippen molar-refractivity contribution in [3.05, 3.63) is 12.2 Å². The summed E-state index contributed by atoms with van der Waals surface area (Å²) in [5.74, 6) is 1.09. The molecular weight excluding hydrogens is 250 g/mol. The van der Waals surface area contributed by atoms with Crippen LogP contribution >= 0.6 is 0 Å². The molecule has 1 spiro atoms. The predicted octanol–water partition coefficient (Wildman–Crippen LogP) is 3.01. The highest BCUT2D eigenvalue weighted by molar-refractivity contribution is 5.96. The molecule has 106 valence electrons. The summed E-state index contributed by atoms with van der Waals surface area (Å²) in [4.78, 5) is 12.5. The van der Waals surface area contributed by atoms with Gasteiger partial charge in [-0.3, -0.25) is 4.79 Å². The molecule has 0 amide bonds. The Hall–Kier alpha value is -1.14. The molecule has 2 saturated heterocycles. The van der Waals surface area contributed by atoms with E-state index in [0.717, 1.165) is 12.8 Å². The smallest absolute Gasteiger partial charge is 0.161 e. The zero-order valence-corrected chi connectivity index (χ0v) is 12.2. The molecule has 6 unspecified atom stereocenters. The maximum absolute atomic E-state index is 12.5. The van der Waals surface area contributed by atoms with E-state index in [9.17, 15) is 4.79 Å². The maximum Gasteiger partial charge on any atom is 0.161 e. The lowest BCUT2D eigenvalue weighted by Gasteiger charge is -2.54. The standard InChI is InChI=1S/C17H21NO2/c1-15-8-11-9-17(10-15)6-4-12(19)16(2,5-3-7-18)14(17)13(11)20-15/h4,6,11,13-14H,3,5,8-10H2,1-2H3. The highest BCUT2D eigenvalue weighted by Crippen LogP contribution is 2.71. The number of allylic oxidation sites excluding steroid dienone is 2. The molecule has 3 heteroatoms. The Morgan fingerprint density at radius 2 is 2.25 bits per heavy atom. The molecule has 5 rings (SSSR count). The Labute approximate surface area is 120 Å². The Morgan fingerprint density at radius 1 is 1.45 bits per heavy atom. The van der Waals surface area contributed by atoms with E-state index in [2.05, 4.69) is 26.0 Å². The molecule has 3 aliphatic carbocycles. The summed E-state index contributed by atoms with van der Waals surface area (Å²) in [5.41, 5.74) is -0.237. The van der Waals surface area contributed by atoms with E-state index in [1.54, 1.807) is 0 Å². The molecule has 3 nitrogen and oxygen atoms in total. The first-order valence-electron chi connectivity index (χ1n) is 7.71. The van der Waals surface area contributed by atoms with Gasteiger partial charge in [-0.25, -0.2) is 0 Å². The van der Waals surface area contributed by atoms with Gasteiger partial charge in [0.15, 0.2) is 5.78 Å². The Kier molecular flexibility index (Phi) is 2.23. The van der Waals surface area contributed by atoms with E-state index >= 15 is 0 Å². The van der Waals surface area contributed by atoms with Crippen LogP contribution in [0.3, 0.4) is 0 Å². The zero-order chi connectivity index (χ0) is 14.2. The van der Waals surface area contributed by atoms with E-state index in [0.29, 0.717) is 18.8 Å². The highest BCUT2D eigenvalue weighted by Gasteiger charge is 2.71. The van der Waals surface area contributed by atoms with Crippen molar-refractivity contribution in [1.29, 1.82) is 5.26 Å². The monoisotopic (exact) mass is 271 g/mol. The Balaban J connectivity index is 1.80. The Morgan fingerprint density at radius 3 is 3.00 bits per heavy atom. The number of nitrogens with zero attached hydrogens (tertiary/aromatic N) is 1. The van der Waals surface area contributed by atoms with Gasteiger partial charge in [-0.05, 0) is 50.0 Å². The minimum atomic E-state index is -0.407. The Bertz CT molecular complexity index is 562. The third kappa shape index (κ3) is 1.31. The van der Waals surface area contributed by atoms with E-state index in [1.165, 1.54) is 6.42 Å². The minimum Gasteiger partial charge on any atom is -0.371 e. The van der Waals surface area contributed by atoms with Gasteiger partial charge in [-0.1, -0.05) is 13.0 Å². The van der Waals surface area contributed by atoms with Crippen LogP contribution < -0.4 is 0 Å². The molecule has 0 aromatic rings. The largest absolute Gasteiger partial charge is 0.371 e. The summed E-state index contributed by atoms with van der Waals surface area (Å²) in [7, 11) is 0. The lowest BCUT2D eigenvalue weighted by atomic mass is 9.53. The summed E-state index contributed by atoms with van der Waals surface area (Å²) in [6.45, 7) is 4.30. The van der Waals surface area contributed by atoms with Gasteiger partial charge in [0.1, 0.15) is 0 Å². The lowest BCUT2D eigenvalue weighted by molar-refractivity contribution is -0.169. The fourth-order valence-corrected chi connectivity index (χ4v) is 6.01. The second-order valence-electron chi connectivity index (χ2n) is 7.86. The zero-order valence-electron chi connectivity index (χ0n) is 12.2. The highest BCUT2D eigenvalue weighted by atomic mass is 16.5. The molecule has 0 N–H and O–H groups in total. The summed E-state index contributed by atoms with van der Waals surface area (Å²) >= 11 is 0. The van der Waals surface area contributed by atoms with Crippen LogP contribution in [-0.4, -0.2) is 17.5 Å². The van der Waals surface area contributed by atoms with Crippen LogP contribution in [0.4, 0.5) is 0 Å². The van der Waals surface area contributed by atoms with Crippen LogP contribution in [0, 0.1) is 34.0 Å². The molecule has 4 bridgehead atoms. The molecule has 6 atom stereocenters. The van der Waals surface area contributed by atoms with Crippen LogP contribution in [-0.2, 0) is 9.53 Å². The van der Waals surface area contributed by atoms with Crippen LogP contribution in [0.5, 0.6) is 0 Å². The van der Waals surface area contributed by atoms with Crippen LogP contribution in [0.1, 0.15) is 46.0 Å². The number of rotatable bonds is 2. The molecule has 2 aliphatic heterocycles. The first-order chi connectivity index (χ1) is 9.43. The first kappa shape index (κ1) is 12.6. The third-order valence-electron chi connectivity index (χ3n) is 6.44. The van der Waals surface area contributed by atoms with Crippen molar-refractivity contribution >= 4 is 5.78 Å². The van der Waals surface area contributed by atoms with Crippen molar-refractivity contribution in [2.75, 3.05) is 0 Å². The SMILES string of the molecule is CC12CC3CC4(C=CC(=O)C(C)(CCC#N)C4C3O1)C2. The number of carbonyl (C=O) groups is 1. The van der Waals surface area contributed by atoms with Crippen molar-refractivity contribution in [3.8, 4) is 6.07 Å². The fraction of sp³-hybridized carbons (Fsp3) is 0.765. The molecule has 0 radical (unpaired) electrons. The van der Waals surface area contributed by atoms with E-state index in [-0.39, 0.29) is 28.8 Å². The average molecular weight is 271 g/mol. The third-order valence-corrected chi connectivity index (χ3v) is 6.44. The number of ketones is 1. The van der Waals surface area contributed by atoms with E-state index in [1.807, 2.05) is 6.08 Å². The maximum atomic E-state index is 12.5. The van der Waals surface area contributed by atoms with Crippen LogP contribution in [0.2, 0.25) is 0 Å². The summed E-state index contributed by atoms with van der Waals surface area (Å²) in [5, 5.41) is 8.93. The summed E-state index contributed by atoms with van der Waals surface area (Å²) in [6, 6.07) is 2.22. The van der Waals surface area contributed by atoms with Crippen molar-refractivity contribution in [2.24, 2.45) is 22.7 Å². The van der Waals surface area contributed by atoms with Gasteiger partial charge in [-0.2, -0.15) is 5.26 Å². The van der Waals surface area contributed by atoms with E-state index in [4.69, 9.17) is 10.00 Å². The second kappa shape index (κ2) is 3.54. The summed E-state index contributed by atoms with van der Waals surface area (Å²) < 4.78 is 6.36. The van der Waals surface area contributed by atoms with Crippen molar-refractivity contribution in [1.82, 2.24) is 0 Å². The fourth-order valence-electron chi connectivity index (χ4n) is 6.01. The molecule has 2 heterocycles. The molecule has 0 aromatic carbocycles. The quantitative estimate of drug-likeness (QED) is 0.775. The average Bonchev–Trinajstić information content (AvgIpc) is 2.75. The first-order valence-corrected chi connectivity index (χ1v) is 7.71. The number of ether oxygens (including phenoxy) is 1. The van der Waals surface area contributed by atoms with Crippen LogP contribution in [0.15, 0.2) is 12.2 Å². The van der Waals surface area contributed by atoms with Gasteiger partial charge in [0, 0.05) is 17.8 Å². The number of carbonyl (C=O) groups excluding carboxylic acids is 1. The topological polar surface area (TPSA) is 50.1 Å². The normalized spacial score (nSPS) is 55.0. The summed E-state index contributed by atoms with van der Waals surface area (Å²) in [6.07, 6.45) is 8.72.